The van der Waals surface area contributed by atoms with E-state index >= 15 is 0 Å². The molecule has 6 nitrogen and oxygen atoms in total. The van der Waals surface area contributed by atoms with Crippen molar-refractivity contribution in [3.63, 3.8) is 0 Å². The highest BCUT2D eigenvalue weighted by atomic mass is 35.5. The lowest BCUT2D eigenvalue weighted by atomic mass is 9.98. The summed E-state index contributed by atoms with van der Waals surface area (Å²) in [6.07, 6.45) is 0. The van der Waals surface area contributed by atoms with E-state index in [0.717, 1.165) is 5.01 Å². The highest BCUT2D eigenvalue weighted by Gasteiger charge is 2.23. The van der Waals surface area contributed by atoms with E-state index in [0.29, 0.717) is 21.3 Å². The fraction of sp³-hybridized carbons (Fsp3) is 0.353. The zero-order valence-corrected chi connectivity index (χ0v) is 16.3. The highest BCUT2D eigenvalue weighted by molar-refractivity contribution is 7.14. The van der Waals surface area contributed by atoms with Crippen LogP contribution in [-0.4, -0.2) is 23.9 Å². The number of rotatable bonds is 3. The first kappa shape index (κ1) is 19.2. The van der Waals surface area contributed by atoms with E-state index < -0.39 is 11.8 Å². The first-order valence-electron chi connectivity index (χ1n) is 7.55. The highest BCUT2D eigenvalue weighted by Crippen LogP contribution is 2.29. The SMILES string of the molecule is COc1cc(Cl)ccc1C(=O)NNC(=O)c1sc(C(C)(C)C)nc1C. The van der Waals surface area contributed by atoms with Gasteiger partial charge in [0.2, 0.25) is 0 Å². The summed E-state index contributed by atoms with van der Waals surface area (Å²) < 4.78 is 5.13. The lowest BCUT2D eigenvalue weighted by molar-refractivity contribution is 0.0846. The summed E-state index contributed by atoms with van der Waals surface area (Å²) in [6.45, 7) is 7.86. The van der Waals surface area contributed by atoms with Crippen LogP contribution >= 0.6 is 22.9 Å². The molecule has 2 N–H and O–H groups in total. The zero-order valence-electron chi connectivity index (χ0n) is 14.7. The lowest BCUT2D eigenvalue weighted by Gasteiger charge is -2.13. The minimum Gasteiger partial charge on any atom is -0.496 e. The Balaban J connectivity index is 2.10. The van der Waals surface area contributed by atoms with Crippen LogP contribution in [0.5, 0.6) is 5.75 Å². The molecule has 0 bridgehead atoms. The topological polar surface area (TPSA) is 80.3 Å². The molecule has 2 rings (SSSR count). The fourth-order valence-electron chi connectivity index (χ4n) is 2.02. The number of aryl methyl sites for hydroxylation is 1. The smallest absolute Gasteiger partial charge is 0.281 e. The van der Waals surface area contributed by atoms with Gasteiger partial charge >= 0.3 is 0 Å². The van der Waals surface area contributed by atoms with Crippen molar-refractivity contribution in [2.45, 2.75) is 33.1 Å². The molecule has 2 aromatic rings. The van der Waals surface area contributed by atoms with Crippen LogP contribution in [0.15, 0.2) is 18.2 Å². The third kappa shape index (κ3) is 4.49. The van der Waals surface area contributed by atoms with Gasteiger partial charge in [-0.15, -0.1) is 11.3 Å². The Morgan fingerprint density at radius 1 is 1.20 bits per heavy atom. The molecule has 2 amide bonds. The van der Waals surface area contributed by atoms with Gasteiger partial charge in [-0.1, -0.05) is 32.4 Å². The molecule has 0 aliphatic heterocycles. The first-order valence-corrected chi connectivity index (χ1v) is 8.75. The van der Waals surface area contributed by atoms with Crippen molar-refractivity contribution in [1.82, 2.24) is 15.8 Å². The summed E-state index contributed by atoms with van der Waals surface area (Å²) >= 11 is 7.19. The second-order valence-corrected chi connectivity index (χ2v) is 7.87. The zero-order chi connectivity index (χ0) is 18.8. The number of hydrogen-bond donors (Lipinski definition) is 2. The number of hydrogen-bond acceptors (Lipinski definition) is 5. The molecule has 0 radical (unpaired) electrons. The number of ether oxygens (including phenoxy) is 1. The van der Waals surface area contributed by atoms with Crippen molar-refractivity contribution in [3.05, 3.63) is 44.4 Å². The van der Waals surface area contributed by atoms with Gasteiger partial charge in [0.1, 0.15) is 10.6 Å². The van der Waals surface area contributed by atoms with Gasteiger partial charge in [0.15, 0.2) is 0 Å². The van der Waals surface area contributed by atoms with E-state index in [2.05, 4.69) is 15.8 Å². The molecule has 1 aromatic heterocycles. The van der Waals surface area contributed by atoms with Crippen LogP contribution in [0.3, 0.4) is 0 Å². The van der Waals surface area contributed by atoms with Gasteiger partial charge in [-0.05, 0) is 25.1 Å². The van der Waals surface area contributed by atoms with Crippen LogP contribution < -0.4 is 15.6 Å². The van der Waals surface area contributed by atoms with Crippen LogP contribution in [0.25, 0.3) is 0 Å². The third-order valence-corrected chi connectivity index (χ3v) is 5.16. The normalized spacial score (nSPS) is 11.1. The number of aromatic nitrogens is 1. The van der Waals surface area contributed by atoms with Crippen molar-refractivity contribution < 1.29 is 14.3 Å². The van der Waals surface area contributed by atoms with Gasteiger partial charge in [-0.3, -0.25) is 20.4 Å². The molecule has 0 aliphatic rings. The Hall–Kier alpha value is -2.12. The molecule has 0 spiro atoms. The van der Waals surface area contributed by atoms with Gasteiger partial charge in [0.25, 0.3) is 11.8 Å². The molecule has 0 aliphatic carbocycles. The van der Waals surface area contributed by atoms with Crippen molar-refractivity contribution in [3.8, 4) is 5.75 Å². The molecule has 0 saturated carbocycles. The molecule has 1 aromatic carbocycles. The fourth-order valence-corrected chi connectivity index (χ4v) is 3.20. The average Bonchev–Trinajstić information content (AvgIpc) is 2.94. The second kappa shape index (κ2) is 7.41. The standard InChI is InChI=1S/C17H20ClN3O3S/c1-9-13(25-16(19-9)17(2,3)4)15(23)21-20-14(22)11-7-6-10(18)8-12(11)24-5/h6-8H,1-5H3,(H,20,22)(H,21,23). The number of amides is 2. The van der Waals surface area contributed by atoms with E-state index in [1.807, 2.05) is 20.8 Å². The molecule has 0 saturated heterocycles. The third-order valence-electron chi connectivity index (χ3n) is 3.34. The number of thiazole rings is 1. The van der Waals surface area contributed by atoms with Gasteiger partial charge in [-0.2, -0.15) is 0 Å². The molecule has 8 heteroatoms. The van der Waals surface area contributed by atoms with Crippen molar-refractivity contribution in [2.75, 3.05) is 7.11 Å². The number of carbonyl (C=O) groups excluding carboxylic acids is 2. The summed E-state index contributed by atoms with van der Waals surface area (Å²) in [5.41, 5.74) is 5.55. The van der Waals surface area contributed by atoms with Crippen molar-refractivity contribution in [2.24, 2.45) is 0 Å². The second-order valence-electron chi connectivity index (χ2n) is 6.44. The number of nitrogens with one attached hydrogen (secondary N) is 2. The predicted octanol–water partition coefficient (Wildman–Crippen LogP) is 3.49. The lowest BCUT2D eigenvalue weighted by Crippen LogP contribution is -2.41. The maximum Gasteiger partial charge on any atom is 0.281 e. The number of benzene rings is 1. The van der Waals surface area contributed by atoms with E-state index in [1.165, 1.54) is 30.6 Å². The molecule has 134 valence electrons. The average molecular weight is 382 g/mol. The summed E-state index contributed by atoms with van der Waals surface area (Å²) in [7, 11) is 1.44. The Morgan fingerprint density at radius 3 is 2.40 bits per heavy atom. The van der Waals surface area contributed by atoms with Gasteiger partial charge in [-0.25, -0.2) is 4.98 Å². The van der Waals surface area contributed by atoms with Crippen LogP contribution in [0.2, 0.25) is 5.02 Å². The van der Waals surface area contributed by atoms with Crippen LogP contribution in [0.1, 0.15) is 51.5 Å². The maximum absolute atomic E-state index is 12.3. The number of hydrazine groups is 1. The van der Waals surface area contributed by atoms with Crippen molar-refractivity contribution in [1.29, 1.82) is 0 Å². The monoisotopic (exact) mass is 381 g/mol. The van der Waals surface area contributed by atoms with E-state index in [1.54, 1.807) is 13.0 Å². The summed E-state index contributed by atoms with van der Waals surface area (Å²) in [4.78, 5) is 29.5. The summed E-state index contributed by atoms with van der Waals surface area (Å²) in [5, 5.41) is 1.31. The molecule has 1 heterocycles. The van der Waals surface area contributed by atoms with Gasteiger partial charge in [0, 0.05) is 10.4 Å². The predicted molar refractivity (Wildman–Crippen MR) is 98.5 cm³/mol. The Labute approximate surface area is 155 Å². The maximum atomic E-state index is 12.3. The summed E-state index contributed by atoms with van der Waals surface area (Å²) in [5.74, 6) is -0.588. The Morgan fingerprint density at radius 2 is 1.84 bits per heavy atom. The molecular weight excluding hydrogens is 362 g/mol. The van der Waals surface area contributed by atoms with Gasteiger partial charge in [0.05, 0.1) is 23.4 Å². The quantitative estimate of drug-likeness (QED) is 0.797. The van der Waals surface area contributed by atoms with Crippen molar-refractivity contribution >= 4 is 34.8 Å². The van der Waals surface area contributed by atoms with Crippen LogP contribution in [0.4, 0.5) is 0 Å². The molecule has 0 atom stereocenters. The molecule has 0 unspecified atom stereocenters. The number of halogens is 1. The molecular formula is C17H20ClN3O3S. The van der Waals surface area contributed by atoms with Gasteiger partial charge < -0.3 is 4.74 Å². The first-order chi connectivity index (χ1) is 11.6. The largest absolute Gasteiger partial charge is 0.496 e. The number of carbonyl (C=O) groups is 2. The van der Waals surface area contributed by atoms with E-state index in [-0.39, 0.29) is 11.0 Å². The van der Waals surface area contributed by atoms with E-state index in [9.17, 15) is 9.59 Å². The van der Waals surface area contributed by atoms with E-state index in [4.69, 9.17) is 16.3 Å². The van der Waals surface area contributed by atoms with Crippen LogP contribution in [0, 0.1) is 6.92 Å². The minimum atomic E-state index is -0.500. The Bertz CT molecular complexity index is 812. The van der Waals surface area contributed by atoms with Crippen LogP contribution in [-0.2, 0) is 5.41 Å². The summed E-state index contributed by atoms with van der Waals surface area (Å²) in [6, 6.07) is 4.63. The molecule has 0 fully saturated rings. The minimum absolute atomic E-state index is 0.145. The molecule has 25 heavy (non-hydrogen) atoms. The Kier molecular flexibility index (Phi) is 5.69. The number of nitrogens with zero attached hydrogens (tertiary/aromatic N) is 1. The number of methoxy groups -OCH3 is 1.